The van der Waals surface area contributed by atoms with Crippen molar-refractivity contribution in [2.24, 2.45) is 11.8 Å². The molecule has 2 saturated carbocycles. The zero-order valence-electron chi connectivity index (χ0n) is 12.9. The van der Waals surface area contributed by atoms with Gasteiger partial charge in [0.25, 0.3) is 0 Å². The summed E-state index contributed by atoms with van der Waals surface area (Å²) in [6.45, 7) is 4.24. The largest absolute Gasteiger partial charge is 0.391 e. The second-order valence-electron chi connectivity index (χ2n) is 6.63. The van der Waals surface area contributed by atoms with E-state index in [1.165, 1.54) is 5.69 Å². The molecule has 7 heteroatoms. The summed E-state index contributed by atoms with van der Waals surface area (Å²) < 4.78 is 3.06. The topological polar surface area (TPSA) is 58.4 Å². The van der Waals surface area contributed by atoms with Crippen molar-refractivity contribution in [1.29, 1.82) is 0 Å². The van der Waals surface area contributed by atoms with Crippen LogP contribution in [0.25, 0.3) is 0 Å². The maximum absolute atomic E-state index is 11.7. The highest BCUT2D eigenvalue weighted by atomic mass is 127. The Kier molecular flexibility index (Phi) is 4.46. The minimum absolute atomic E-state index is 0.0310. The highest BCUT2D eigenvalue weighted by Crippen LogP contribution is 2.64. The van der Waals surface area contributed by atoms with Crippen molar-refractivity contribution in [3.05, 3.63) is 15.5 Å². The number of likely N-dealkylation sites (N-methyl/N-ethyl adjacent to an activating group) is 1. The lowest BCUT2D eigenvalue weighted by Crippen LogP contribution is -2.44. The number of aliphatic hydroxyl groups excluding tert-OH is 1. The average Bonchev–Trinajstić information content (AvgIpc) is 2.89. The van der Waals surface area contributed by atoms with E-state index in [4.69, 9.17) is 11.6 Å². The van der Waals surface area contributed by atoms with Crippen molar-refractivity contribution in [1.82, 2.24) is 14.7 Å². The maximum atomic E-state index is 11.7. The van der Waals surface area contributed by atoms with Gasteiger partial charge in [-0.2, -0.15) is 5.10 Å². The normalized spacial score (nSPS) is 33.1. The van der Waals surface area contributed by atoms with Gasteiger partial charge in [-0.3, -0.25) is 9.48 Å². The first kappa shape index (κ1) is 16.5. The minimum Gasteiger partial charge on any atom is -0.391 e. The molecule has 1 aromatic heterocycles. The molecule has 0 saturated heterocycles. The number of carbonyl (C=O) groups excluding carboxylic acids is 1. The molecule has 1 N–H and O–H groups in total. The second-order valence-corrected chi connectivity index (χ2v) is 8.00. The SMILES string of the molecule is CC(C)n1nc(I)cc1C1C2CC(N(C)C(=O)CCl)C(O)C21. The van der Waals surface area contributed by atoms with E-state index in [1.54, 1.807) is 11.9 Å². The molecule has 0 aliphatic heterocycles. The molecule has 22 heavy (non-hydrogen) atoms. The first-order chi connectivity index (χ1) is 10.4. The van der Waals surface area contributed by atoms with Crippen LogP contribution < -0.4 is 0 Å². The van der Waals surface area contributed by atoms with E-state index in [0.29, 0.717) is 17.9 Å². The van der Waals surface area contributed by atoms with Crippen LogP contribution >= 0.6 is 34.2 Å². The van der Waals surface area contributed by atoms with Gasteiger partial charge in [-0.25, -0.2) is 0 Å². The molecule has 5 atom stereocenters. The number of alkyl halides is 1. The number of nitrogens with zero attached hydrogens (tertiary/aromatic N) is 3. The number of aromatic nitrogens is 2. The van der Waals surface area contributed by atoms with Gasteiger partial charge in [-0.1, -0.05) is 0 Å². The van der Waals surface area contributed by atoms with Gasteiger partial charge >= 0.3 is 0 Å². The van der Waals surface area contributed by atoms with Crippen LogP contribution in [0, 0.1) is 15.5 Å². The molecular formula is C15H21ClIN3O2. The minimum atomic E-state index is -0.472. The Morgan fingerprint density at radius 1 is 1.64 bits per heavy atom. The first-order valence-corrected chi connectivity index (χ1v) is 9.22. The zero-order valence-corrected chi connectivity index (χ0v) is 15.8. The third-order valence-electron chi connectivity index (χ3n) is 5.10. The van der Waals surface area contributed by atoms with Crippen LogP contribution in [-0.4, -0.2) is 50.8 Å². The summed E-state index contributed by atoms with van der Waals surface area (Å²) in [4.78, 5) is 13.3. The Morgan fingerprint density at radius 3 is 2.82 bits per heavy atom. The van der Waals surface area contributed by atoms with Gasteiger partial charge in [0.1, 0.15) is 9.58 Å². The van der Waals surface area contributed by atoms with E-state index >= 15 is 0 Å². The molecule has 1 amide bonds. The molecule has 0 radical (unpaired) electrons. The lowest BCUT2D eigenvalue weighted by Gasteiger charge is -2.29. The third-order valence-corrected chi connectivity index (χ3v) is 5.86. The molecular weight excluding hydrogens is 417 g/mol. The molecule has 122 valence electrons. The van der Waals surface area contributed by atoms with Gasteiger partial charge in [0.05, 0.1) is 12.1 Å². The molecule has 0 bridgehead atoms. The highest BCUT2D eigenvalue weighted by molar-refractivity contribution is 14.1. The van der Waals surface area contributed by atoms with Gasteiger partial charge in [0.15, 0.2) is 0 Å². The Labute approximate surface area is 149 Å². The van der Waals surface area contributed by atoms with Crippen LogP contribution in [0.1, 0.15) is 37.9 Å². The molecule has 0 spiro atoms. The number of amides is 1. The van der Waals surface area contributed by atoms with Gasteiger partial charge in [0.2, 0.25) is 5.91 Å². The van der Waals surface area contributed by atoms with E-state index in [1.807, 2.05) is 0 Å². The summed E-state index contributed by atoms with van der Waals surface area (Å²) in [7, 11) is 1.74. The number of hydrogen-bond donors (Lipinski definition) is 1. The number of aliphatic hydroxyl groups is 1. The summed E-state index contributed by atoms with van der Waals surface area (Å²) in [6, 6.07) is 2.33. The molecule has 3 rings (SSSR count). The third kappa shape index (κ3) is 2.57. The van der Waals surface area contributed by atoms with Crippen LogP contribution in [0.4, 0.5) is 0 Å². The Hall–Kier alpha value is -0.340. The van der Waals surface area contributed by atoms with E-state index < -0.39 is 6.10 Å². The fourth-order valence-electron chi connectivity index (χ4n) is 3.97. The molecule has 5 nitrogen and oxygen atoms in total. The zero-order chi connectivity index (χ0) is 16.2. The van der Waals surface area contributed by atoms with E-state index in [0.717, 1.165) is 10.1 Å². The van der Waals surface area contributed by atoms with Crippen LogP contribution in [0.5, 0.6) is 0 Å². The summed E-state index contributed by atoms with van der Waals surface area (Å²) in [5.41, 5.74) is 1.22. The van der Waals surface area contributed by atoms with Crippen LogP contribution in [0.2, 0.25) is 0 Å². The Morgan fingerprint density at radius 2 is 2.32 bits per heavy atom. The molecule has 2 fully saturated rings. The molecule has 1 heterocycles. The van der Waals surface area contributed by atoms with Crippen molar-refractivity contribution in [2.75, 3.05) is 12.9 Å². The molecule has 2 aliphatic rings. The average molecular weight is 438 g/mol. The highest BCUT2D eigenvalue weighted by Gasteiger charge is 2.64. The molecule has 1 aromatic rings. The summed E-state index contributed by atoms with van der Waals surface area (Å²) in [5.74, 6) is 0.891. The molecule has 0 aromatic carbocycles. The predicted molar refractivity (Wildman–Crippen MR) is 93.0 cm³/mol. The maximum Gasteiger partial charge on any atom is 0.237 e. The van der Waals surface area contributed by atoms with Gasteiger partial charge in [-0.05, 0) is 60.8 Å². The van der Waals surface area contributed by atoms with Crippen molar-refractivity contribution in [2.45, 2.75) is 44.4 Å². The lowest BCUT2D eigenvalue weighted by atomic mass is 10.0. The smallest absolute Gasteiger partial charge is 0.237 e. The number of carbonyl (C=O) groups is 1. The van der Waals surface area contributed by atoms with Crippen LogP contribution in [-0.2, 0) is 4.79 Å². The monoisotopic (exact) mass is 437 g/mol. The summed E-state index contributed by atoms with van der Waals surface area (Å²) >= 11 is 7.85. The second kappa shape index (κ2) is 5.94. The fraction of sp³-hybridized carbons (Fsp3) is 0.733. The van der Waals surface area contributed by atoms with Crippen molar-refractivity contribution >= 4 is 40.1 Å². The molecule has 2 aliphatic carbocycles. The summed E-state index contributed by atoms with van der Waals surface area (Å²) in [6.07, 6.45) is 0.371. The van der Waals surface area contributed by atoms with E-state index in [9.17, 15) is 9.90 Å². The van der Waals surface area contributed by atoms with Crippen molar-refractivity contribution < 1.29 is 9.90 Å². The number of fused-ring (bicyclic) bond motifs is 1. The Balaban J connectivity index is 1.76. The van der Waals surface area contributed by atoms with Crippen molar-refractivity contribution in [3.8, 4) is 0 Å². The van der Waals surface area contributed by atoms with Gasteiger partial charge in [0, 0.05) is 24.7 Å². The molecule has 5 unspecified atom stereocenters. The van der Waals surface area contributed by atoms with E-state index in [-0.39, 0.29) is 23.7 Å². The number of hydrogen-bond acceptors (Lipinski definition) is 3. The number of rotatable bonds is 4. The standard InChI is InChI=1S/C15H21ClIN3O2/c1-7(2)20-9(5-11(17)18-20)13-8-4-10(15(22)14(8)13)19(3)12(21)6-16/h5,7-8,10,13-15,22H,4,6H2,1-3H3. The summed E-state index contributed by atoms with van der Waals surface area (Å²) in [5, 5.41) is 15.2. The lowest BCUT2D eigenvalue weighted by molar-refractivity contribution is -0.131. The van der Waals surface area contributed by atoms with Crippen LogP contribution in [0.15, 0.2) is 6.07 Å². The first-order valence-electron chi connectivity index (χ1n) is 7.61. The van der Waals surface area contributed by atoms with E-state index in [2.05, 4.69) is 52.3 Å². The van der Waals surface area contributed by atoms with Gasteiger partial charge in [-0.15, -0.1) is 11.6 Å². The van der Waals surface area contributed by atoms with Crippen LogP contribution in [0.3, 0.4) is 0 Å². The van der Waals surface area contributed by atoms with Gasteiger partial charge < -0.3 is 10.0 Å². The Bertz CT molecular complexity index is 591. The number of halogens is 2. The predicted octanol–water partition coefficient (Wildman–Crippen LogP) is 2.23. The van der Waals surface area contributed by atoms with Crippen molar-refractivity contribution in [3.63, 3.8) is 0 Å². The fourth-order valence-corrected chi connectivity index (χ4v) is 4.71. The quantitative estimate of drug-likeness (QED) is 0.580.